The quantitative estimate of drug-likeness (QED) is 0.794. The minimum absolute atomic E-state index is 0.0705. The van der Waals surface area contributed by atoms with Crippen LogP contribution in [0, 0.1) is 0 Å². The zero-order chi connectivity index (χ0) is 15.7. The average molecular weight is 296 g/mol. The Balaban J connectivity index is 1.93. The fourth-order valence-electron chi connectivity index (χ4n) is 3.24. The Hall–Kier alpha value is -0.770. The van der Waals surface area contributed by atoms with Gasteiger partial charge >= 0.3 is 6.09 Å². The van der Waals surface area contributed by atoms with Crippen LogP contribution in [-0.4, -0.2) is 52.7 Å². The van der Waals surface area contributed by atoms with E-state index < -0.39 is 5.60 Å². The maximum atomic E-state index is 12.4. The highest BCUT2D eigenvalue weighted by Crippen LogP contribution is 2.45. The molecule has 122 valence electrons. The van der Waals surface area contributed by atoms with Gasteiger partial charge in [-0.05, 0) is 47.0 Å². The highest BCUT2D eigenvalue weighted by atomic mass is 16.6. The van der Waals surface area contributed by atoms with Crippen LogP contribution in [0.1, 0.15) is 66.7 Å². The molecule has 0 aromatic carbocycles. The molecule has 1 amide bonds. The van der Waals surface area contributed by atoms with Crippen molar-refractivity contribution >= 4 is 6.09 Å². The van der Waals surface area contributed by atoms with E-state index in [0.29, 0.717) is 6.04 Å². The molecule has 0 N–H and O–H groups in total. The van der Waals surface area contributed by atoms with E-state index in [1.54, 1.807) is 0 Å². The predicted octanol–water partition coefficient (Wildman–Crippen LogP) is 3.65. The highest BCUT2D eigenvalue weighted by molar-refractivity contribution is 5.70. The maximum Gasteiger partial charge on any atom is 0.410 e. The number of carbonyl (C=O) groups is 1. The molecule has 1 heterocycles. The highest BCUT2D eigenvalue weighted by Gasteiger charge is 2.54. The SMILES string of the molecule is CCCCC(C)N1CCN(C(=O)OC(C)(C)C)C2(CC2)C1. The van der Waals surface area contributed by atoms with Gasteiger partial charge < -0.3 is 4.74 Å². The van der Waals surface area contributed by atoms with Crippen LogP contribution in [0.15, 0.2) is 0 Å². The molecule has 1 saturated carbocycles. The standard InChI is InChI=1S/C17H32N2O2/c1-6-7-8-14(2)18-11-12-19(17(13-18)9-10-17)15(20)21-16(3,4)5/h14H,6-13H2,1-5H3. The summed E-state index contributed by atoms with van der Waals surface area (Å²) in [6.45, 7) is 13.2. The molecule has 1 spiro atoms. The number of carbonyl (C=O) groups excluding carboxylic acids is 1. The van der Waals surface area contributed by atoms with Gasteiger partial charge in [-0.25, -0.2) is 4.79 Å². The zero-order valence-electron chi connectivity index (χ0n) is 14.4. The van der Waals surface area contributed by atoms with Crippen LogP contribution in [0.2, 0.25) is 0 Å². The lowest BCUT2D eigenvalue weighted by atomic mass is 10.1. The molecule has 0 bridgehead atoms. The summed E-state index contributed by atoms with van der Waals surface area (Å²) in [7, 11) is 0. The van der Waals surface area contributed by atoms with Crippen LogP contribution >= 0.6 is 0 Å². The number of hydrogen-bond donors (Lipinski definition) is 0. The summed E-state index contributed by atoms with van der Waals surface area (Å²) in [5.41, 5.74) is -0.334. The van der Waals surface area contributed by atoms with Crippen molar-refractivity contribution in [2.24, 2.45) is 0 Å². The maximum absolute atomic E-state index is 12.4. The van der Waals surface area contributed by atoms with Crippen molar-refractivity contribution in [2.45, 2.75) is 83.9 Å². The van der Waals surface area contributed by atoms with Gasteiger partial charge in [0.05, 0.1) is 5.54 Å². The molecule has 1 aliphatic heterocycles. The van der Waals surface area contributed by atoms with Gasteiger partial charge in [0.15, 0.2) is 0 Å². The third-order valence-electron chi connectivity index (χ3n) is 4.72. The summed E-state index contributed by atoms with van der Waals surface area (Å²) < 4.78 is 5.58. The monoisotopic (exact) mass is 296 g/mol. The fraction of sp³-hybridized carbons (Fsp3) is 0.941. The summed E-state index contributed by atoms with van der Waals surface area (Å²) in [6.07, 6.45) is 5.94. The average Bonchev–Trinajstić information content (AvgIpc) is 3.13. The van der Waals surface area contributed by atoms with Crippen molar-refractivity contribution in [3.63, 3.8) is 0 Å². The van der Waals surface area contributed by atoms with Crippen LogP contribution in [-0.2, 0) is 4.74 Å². The van der Waals surface area contributed by atoms with Crippen LogP contribution < -0.4 is 0 Å². The van der Waals surface area contributed by atoms with E-state index in [4.69, 9.17) is 4.74 Å². The third-order valence-corrected chi connectivity index (χ3v) is 4.72. The molecule has 4 nitrogen and oxygen atoms in total. The molecule has 21 heavy (non-hydrogen) atoms. The molecule has 2 fully saturated rings. The Kier molecular flexibility index (Phi) is 4.86. The Labute approximate surface area is 129 Å². The van der Waals surface area contributed by atoms with Gasteiger partial charge in [0.25, 0.3) is 0 Å². The summed E-state index contributed by atoms with van der Waals surface area (Å²) in [5.74, 6) is 0. The van der Waals surface area contributed by atoms with Crippen molar-refractivity contribution in [3.8, 4) is 0 Å². The smallest absolute Gasteiger partial charge is 0.410 e. The molecule has 0 radical (unpaired) electrons. The number of hydrogen-bond acceptors (Lipinski definition) is 3. The van der Waals surface area contributed by atoms with E-state index in [-0.39, 0.29) is 11.6 Å². The number of amides is 1. The van der Waals surface area contributed by atoms with Gasteiger partial charge in [0.2, 0.25) is 0 Å². The molecule has 4 heteroatoms. The lowest BCUT2D eigenvalue weighted by Gasteiger charge is -2.44. The number of unbranched alkanes of at least 4 members (excludes halogenated alkanes) is 1. The first-order chi connectivity index (χ1) is 9.77. The van der Waals surface area contributed by atoms with Crippen LogP contribution in [0.3, 0.4) is 0 Å². The summed E-state index contributed by atoms with van der Waals surface area (Å²) >= 11 is 0. The van der Waals surface area contributed by atoms with Crippen LogP contribution in [0.5, 0.6) is 0 Å². The third kappa shape index (κ3) is 4.12. The number of rotatable bonds is 4. The second-order valence-electron chi connectivity index (χ2n) is 7.82. The van der Waals surface area contributed by atoms with E-state index in [1.165, 1.54) is 19.3 Å². The van der Waals surface area contributed by atoms with Crippen molar-refractivity contribution in [1.82, 2.24) is 9.80 Å². The van der Waals surface area contributed by atoms with E-state index in [9.17, 15) is 4.79 Å². The molecule has 0 aromatic rings. The molecule has 0 aromatic heterocycles. The number of piperazine rings is 1. The van der Waals surface area contributed by atoms with Gasteiger partial charge in [-0.2, -0.15) is 0 Å². The lowest BCUT2D eigenvalue weighted by Crippen LogP contribution is -2.59. The molecular weight excluding hydrogens is 264 g/mol. The van der Waals surface area contributed by atoms with Gasteiger partial charge in [0, 0.05) is 25.7 Å². The first-order valence-corrected chi connectivity index (χ1v) is 8.52. The van der Waals surface area contributed by atoms with E-state index in [1.807, 2.05) is 25.7 Å². The summed E-state index contributed by atoms with van der Waals surface area (Å²) in [4.78, 5) is 17.0. The first kappa shape index (κ1) is 16.6. The van der Waals surface area contributed by atoms with E-state index in [2.05, 4.69) is 18.7 Å². The topological polar surface area (TPSA) is 32.8 Å². The van der Waals surface area contributed by atoms with Crippen LogP contribution in [0.4, 0.5) is 4.79 Å². The normalized spacial score (nSPS) is 23.2. The summed E-state index contributed by atoms with van der Waals surface area (Å²) in [6, 6.07) is 0.628. The predicted molar refractivity (Wildman–Crippen MR) is 85.5 cm³/mol. The minimum Gasteiger partial charge on any atom is -0.444 e. The molecule has 2 rings (SSSR count). The van der Waals surface area contributed by atoms with Crippen molar-refractivity contribution in [2.75, 3.05) is 19.6 Å². The second-order valence-corrected chi connectivity index (χ2v) is 7.82. The van der Waals surface area contributed by atoms with Gasteiger partial charge in [-0.1, -0.05) is 19.8 Å². The molecule has 1 unspecified atom stereocenters. The Morgan fingerprint density at radius 1 is 1.29 bits per heavy atom. The van der Waals surface area contributed by atoms with Gasteiger partial charge in [-0.3, -0.25) is 9.80 Å². The molecule has 1 atom stereocenters. The van der Waals surface area contributed by atoms with Gasteiger partial charge in [0.1, 0.15) is 5.60 Å². The Bertz CT molecular complexity index is 371. The largest absolute Gasteiger partial charge is 0.444 e. The number of ether oxygens (including phenoxy) is 1. The first-order valence-electron chi connectivity index (χ1n) is 8.52. The van der Waals surface area contributed by atoms with Crippen molar-refractivity contribution in [3.05, 3.63) is 0 Å². The van der Waals surface area contributed by atoms with Gasteiger partial charge in [-0.15, -0.1) is 0 Å². The molecular formula is C17H32N2O2. The Morgan fingerprint density at radius 2 is 1.95 bits per heavy atom. The fourth-order valence-corrected chi connectivity index (χ4v) is 3.24. The van der Waals surface area contributed by atoms with Crippen LogP contribution in [0.25, 0.3) is 0 Å². The van der Waals surface area contributed by atoms with E-state index >= 15 is 0 Å². The van der Waals surface area contributed by atoms with E-state index in [0.717, 1.165) is 32.5 Å². The summed E-state index contributed by atoms with van der Waals surface area (Å²) in [5, 5.41) is 0. The second kappa shape index (κ2) is 6.15. The molecule has 1 aliphatic carbocycles. The minimum atomic E-state index is -0.404. The molecule has 1 saturated heterocycles. The van der Waals surface area contributed by atoms with Crippen molar-refractivity contribution in [1.29, 1.82) is 0 Å². The number of nitrogens with zero attached hydrogens (tertiary/aromatic N) is 2. The lowest BCUT2D eigenvalue weighted by molar-refractivity contribution is -0.0132. The Morgan fingerprint density at radius 3 is 2.48 bits per heavy atom. The molecule has 2 aliphatic rings. The van der Waals surface area contributed by atoms with Crippen molar-refractivity contribution < 1.29 is 9.53 Å². The zero-order valence-corrected chi connectivity index (χ0v) is 14.4.